The van der Waals surface area contributed by atoms with Crippen LogP contribution in [0.5, 0.6) is 5.75 Å². The minimum atomic E-state index is 0.192. The first kappa shape index (κ1) is 20.2. The van der Waals surface area contributed by atoms with Crippen LogP contribution in [0.15, 0.2) is 29.1 Å². The van der Waals surface area contributed by atoms with Crippen molar-refractivity contribution in [3.63, 3.8) is 0 Å². The van der Waals surface area contributed by atoms with Crippen LogP contribution >= 0.6 is 0 Å². The number of rotatable bonds is 6. The van der Waals surface area contributed by atoms with Crippen molar-refractivity contribution < 1.29 is 4.74 Å². The van der Waals surface area contributed by atoms with Crippen molar-refractivity contribution in [2.45, 2.75) is 46.2 Å². The first-order chi connectivity index (χ1) is 13.9. The van der Waals surface area contributed by atoms with Crippen LogP contribution in [0.3, 0.4) is 0 Å². The number of pyridine rings is 1. The summed E-state index contributed by atoms with van der Waals surface area (Å²) in [6.07, 6.45) is 1.21. The molecule has 2 aromatic rings. The van der Waals surface area contributed by atoms with E-state index in [0.29, 0.717) is 25.0 Å². The van der Waals surface area contributed by atoms with Gasteiger partial charge in [-0.25, -0.2) is 0 Å². The second kappa shape index (κ2) is 8.33. The van der Waals surface area contributed by atoms with Gasteiger partial charge in [0.05, 0.1) is 0 Å². The second-order valence-electron chi connectivity index (χ2n) is 8.95. The van der Waals surface area contributed by atoms with Crippen LogP contribution in [-0.2, 0) is 13.1 Å². The fourth-order valence-corrected chi connectivity index (χ4v) is 4.79. The molecule has 1 aromatic carbocycles. The van der Waals surface area contributed by atoms with Crippen molar-refractivity contribution in [1.29, 1.82) is 0 Å². The van der Waals surface area contributed by atoms with E-state index in [-0.39, 0.29) is 5.56 Å². The number of aryl methyl sites for hydroxylation is 2. The summed E-state index contributed by atoms with van der Waals surface area (Å²) < 4.78 is 8.09. The SMILES string of the molecule is Cc1cc(C)c(C)c(OCCN(C)Cc2ccc3n(c2=O)C[C@@H]2CNC[C@H]3C2)c1. The molecular formula is C24H33N3O2. The molecule has 2 aliphatic heterocycles. The average Bonchev–Trinajstić information content (AvgIpc) is 2.68. The second-order valence-corrected chi connectivity index (χ2v) is 8.95. The van der Waals surface area contributed by atoms with E-state index in [1.54, 1.807) is 0 Å². The van der Waals surface area contributed by atoms with Crippen molar-refractivity contribution >= 4 is 0 Å². The molecule has 1 aromatic heterocycles. The summed E-state index contributed by atoms with van der Waals surface area (Å²) >= 11 is 0. The Morgan fingerprint density at radius 1 is 1.21 bits per heavy atom. The zero-order chi connectivity index (χ0) is 20.5. The standard InChI is InChI=1S/C24H33N3O2/c1-16-9-17(2)18(3)23(10-16)29-8-7-26(4)15-20-5-6-22-21-11-19(12-25-13-21)14-27(22)24(20)28/h5-6,9-10,19,21,25H,7-8,11-15H2,1-4H3/t19-,21+/m0/s1. The van der Waals surface area contributed by atoms with Gasteiger partial charge < -0.3 is 14.6 Å². The van der Waals surface area contributed by atoms with E-state index < -0.39 is 0 Å². The Balaban J connectivity index is 1.39. The molecule has 2 bridgehead atoms. The van der Waals surface area contributed by atoms with E-state index in [1.807, 2.05) is 10.6 Å². The highest BCUT2D eigenvalue weighted by Crippen LogP contribution is 2.31. The summed E-state index contributed by atoms with van der Waals surface area (Å²) in [5.74, 6) is 2.03. The topological polar surface area (TPSA) is 46.5 Å². The molecule has 0 saturated carbocycles. The van der Waals surface area contributed by atoms with Crippen LogP contribution < -0.4 is 15.6 Å². The van der Waals surface area contributed by atoms with Gasteiger partial charge in [-0.1, -0.05) is 12.1 Å². The van der Waals surface area contributed by atoms with Gasteiger partial charge in [-0.2, -0.15) is 0 Å². The van der Waals surface area contributed by atoms with Crippen LogP contribution in [-0.4, -0.2) is 42.8 Å². The fourth-order valence-electron chi connectivity index (χ4n) is 4.79. The smallest absolute Gasteiger partial charge is 0.255 e. The Hall–Kier alpha value is -2.11. The zero-order valence-electron chi connectivity index (χ0n) is 18.1. The van der Waals surface area contributed by atoms with Crippen molar-refractivity contribution in [3.8, 4) is 5.75 Å². The monoisotopic (exact) mass is 395 g/mol. The maximum atomic E-state index is 13.1. The summed E-state index contributed by atoms with van der Waals surface area (Å²) in [7, 11) is 2.06. The van der Waals surface area contributed by atoms with Crippen molar-refractivity contribution in [3.05, 3.63) is 62.6 Å². The van der Waals surface area contributed by atoms with Crippen LogP contribution in [0.2, 0.25) is 0 Å². The number of hydrogen-bond donors (Lipinski definition) is 1. The lowest BCUT2D eigenvalue weighted by molar-refractivity contribution is 0.229. The van der Waals surface area contributed by atoms with Gasteiger partial charge in [0, 0.05) is 43.4 Å². The molecule has 156 valence electrons. The Kier molecular flexibility index (Phi) is 5.79. The molecule has 0 amide bonds. The molecule has 1 saturated heterocycles. The quantitative estimate of drug-likeness (QED) is 0.817. The molecule has 1 N–H and O–H groups in total. The number of benzene rings is 1. The molecule has 0 aliphatic carbocycles. The lowest BCUT2D eigenvalue weighted by atomic mass is 9.84. The molecule has 2 aliphatic rings. The van der Waals surface area contributed by atoms with E-state index >= 15 is 0 Å². The highest BCUT2D eigenvalue weighted by molar-refractivity contribution is 5.41. The van der Waals surface area contributed by atoms with Gasteiger partial charge in [-0.3, -0.25) is 9.69 Å². The Bertz CT molecular complexity index is 950. The summed E-state index contributed by atoms with van der Waals surface area (Å²) in [4.78, 5) is 15.3. The van der Waals surface area contributed by atoms with Gasteiger partial charge in [0.2, 0.25) is 0 Å². The largest absolute Gasteiger partial charge is 0.492 e. The minimum absolute atomic E-state index is 0.192. The molecule has 5 heteroatoms. The van der Waals surface area contributed by atoms with Gasteiger partial charge in [0.15, 0.2) is 0 Å². The maximum absolute atomic E-state index is 13.1. The van der Waals surface area contributed by atoms with Crippen molar-refractivity contribution in [2.24, 2.45) is 5.92 Å². The molecule has 3 heterocycles. The Morgan fingerprint density at radius 3 is 2.86 bits per heavy atom. The Morgan fingerprint density at radius 2 is 2.03 bits per heavy atom. The molecule has 0 spiro atoms. The molecule has 2 atom stereocenters. The van der Waals surface area contributed by atoms with Gasteiger partial charge in [-0.15, -0.1) is 0 Å². The predicted octanol–water partition coefficient (Wildman–Crippen LogP) is 2.99. The third-order valence-electron chi connectivity index (χ3n) is 6.52. The first-order valence-electron chi connectivity index (χ1n) is 10.7. The van der Waals surface area contributed by atoms with Crippen molar-refractivity contribution in [1.82, 2.24) is 14.8 Å². The molecule has 0 radical (unpaired) electrons. The number of hydrogen-bond acceptors (Lipinski definition) is 4. The summed E-state index contributed by atoms with van der Waals surface area (Å²) in [5.41, 5.74) is 5.96. The minimum Gasteiger partial charge on any atom is -0.492 e. The fraction of sp³-hybridized carbons (Fsp3) is 0.542. The third kappa shape index (κ3) is 4.26. The normalized spacial score (nSPS) is 20.6. The summed E-state index contributed by atoms with van der Waals surface area (Å²) in [6.45, 7) is 11.2. The molecule has 5 nitrogen and oxygen atoms in total. The van der Waals surface area contributed by atoms with Crippen LogP contribution in [0.25, 0.3) is 0 Å². The van der Waals surface area contributed by atoms with Crippen molar-refractivity contribution in [2.75, 3.05) is 33.3 Å². The van der Waals surface area contributed by atoms with E-state index in [2.05, 4.69) is 56.2 Å². The number of likely N-dealkylation sites (N-methyl/N-ethyl adjacent to an activating group) is 1. The zero-order valence-corrected chi connectivity index (χ0v) is 18.1. The van der Waals surface area contributed by atoms with E-state index in [9.17, 15) is 4.79 Å². The van der Waals surface area contributed by atoms with Gasteiger partial charge in [-0.05, 0) is 75.5 Å². The maximum Gasteiger partial charge on any atom is 0.255 e. The number of fused-ring (bicyclic) bond motifs is 4. The molecule has 29 heavy (non-hydrogen) atoms. The highest BCUT2D eigenvalue weighted by Gasteiger charge is 2.31. The van der Waals surface area contributed by atoms with Crippen LogP contribution in [0, 0.1) is 26.7 Å². The number of aromatic nitrogens is 1. The number of nitrogens with one attached hydrogen (secondary N) is 1. The summed E-state index contributed by atoms with van der Waals surface area (Å²) in [6, 6.07) is 8.49. The van der Waals surface area contributed by atoms with Crippen LogP contribution in [0.1, 0.15) is 40.3 Å². The molecule has 4 rings (SSSR count). The Labute approximate surface area is 173 Å². The van der Waals surface area contributed by atoms with Gasteiger partial charge in [0.25, 0.3) is 5.56 Å². The first-order valence-corrected chi connectivity index (χ1v) is 10.7. The molecular weight excluding hydrogens is 362 g/mol. The van der Waals surface area contributed by atoms with Crippen LogP contribution in [0.4, 0.5) is 0 Å². The predicted molar refractivity (Wildman–Crippen MR) is 117 cm³/mol. The summed E-state index contributed by atoms with van der Waals surface area (Å²) in [5, 5.41) is 3.50. The lowest BCUT2D eigenvalue weighted by Crippen LogP contribution is -2.45. The third-order valence-corrected chi connectivity index (χ3v) is 6.52. The number of piperidine rings is 1. The van der Waals surface area contributed by atoms with Gasteiger partial charge >= 0.3 is 0 Å². The number of ether oxygens (including phenoxy) is 1. The number of nitrogens with zero attached hydrogens (tertiary/aromatic N) is 2. The van der Waals surface area contributed by atoms with Gasteiger partial charge in [0.1, 0.15) is 12.4 Å². The highest BCUT2D eigenvalue weighted by atomic mass is 16.5. The molecule has 1 fully saturated rings. The molecule has 0 unspecified atom stereocenters. The lowest BCUT2D eigenvalue weighted by Gasteiger charge is -2.37. The average molecular weight is 396 g/mol. The van der Waals surface area contributed by atoms with E-state index in [4.69, 9.17) is 4.74 Å². The van der Waals surface area contributed by atoms with E-state index in [0.717, 1.165) is 37.5 Å². The van der Waals surface area contributed by atoms with E-state index in [1.165, 1.54) is 28.8 Å².